The van der Waals surface area contributed by atoms with Crippen molar-refractivity contribution in [1.82, 2.24) is 9.97 Å². The van der Waals surface area contributed by atoms with Crippen molar-refractivity contribution in [3.8, 4) is 0 Å². The zero-order valence-electron chi connectivity index (χ0n) is 9.52. The summed E-state index contributed by atoms with van der Waals surface area (Å²) in [7, 11) is 1.73. The lowest BCUT2D eigenvalue weighted by molar-refractivity contribution is 0.102. The summed E-state index contributed by atoms with van der Waals surface area (Å²) in [6.45, 7) is 1.94. The van der Waals surface area contributed by atoms with Crippen molar-refractivity contribution in [2.45, 2.75) is 6.92 Å². The van der Waals surface area contributed by atoms with Crippen molar-refractivity contribution in [3.05, 3.63) is 35.0 Å². The van der Waals surface area contributed by atoms with E-state index in [2.05, 4.69) is 20.6 Å². The second-order valence-corrected chi connectivity index (χ2v) is 4.61. The molecule has 0 radical (unpaired) electrons. The molecule has 0 fully saturated rings. The number of nitrogens with zero attached hydrogens (tertiary/aromatic N) is 2. The van der Waals surface area contributed by atoms with E-state index >= 15 is 0 Å². The van der Waals surface area contributed by atoms with Crippen LogP contribution in [0.2, 0.25) is 0 Å². The Balaban J connectivity index is 2.20. The minimum atomic E-state index is -0.211. The van der Waals surface area contributed by atoms with Crippen LogP contribution in [0.15, 0.2) is 24.5 Å². The van der Waals surface area contributed by atoms with E-state index in [1.54, 1.807) is 31.6 Å². The fourth-order valence-corrected chi connectivity index (χ4v) is 2.02. The van der Waals surface area contributed by atoms with Crippen LogP contribution in [-0.2, 0) is 0 Å². The van der Waals surface area contributed by atoms with Crippen LogP contribution in [-0.4, -0.2) is 22.9 Å². The van der Waals surface area contributed by atoms with E-state index in [0.717, 1.165) is 4.88 Å². The average molecular weight is 248 g/mol. The molecule has 6 heteroatoms. The van der Waals surface area contributed by atoms with Gasteiger partial charge in [0.2, 0.25) is 0 Å². The van der Waals surface area contributed by atoms with Crippen molar-refractivity contribution < 1.29 is 4.79 Å². The van der Waals surface area contributed by atoms with Crippen LogP contribution in [0.3, 0.4) is 0 Å². The van der Waals surface area contributed by atoms with Crippen LogP contribution in [0.25, 0.3) is 0 Å². The van der Waals surface area contributed by atoms with Gasteiger partial charge in [-0.15, -0.1) is 11.3 Å². The number of thiazole rings is 1. The van der Waals surface area contributed by atoms with Crippen LogP contribution in [0.4, 0.5) is 10.9 Å². The minimum absolute atomic E-state index is 0.211. The first kappa shape index (κ1) is 11.5. The third-order valence-corrected chi connectivity index (χ3v) is 2.96. The number of carbonyl (C=O) groups is 1. The summed E-state index contributed by atoms with van der Waals surface area (Å²) in [5.41, 5.74) is 0.503. The van der Waals surface area contributed by atoms with E-state index in [1.807, 2.05) is 6.92 Å². The van der Waals surface area contributed by atoms with Gasteiger partial charge in [-0.1, -0.05) is 0 Å². The highest BCUT2D eigenvalue weighted by Crippen LogP contribution is 2.19. The molecule has 88 valence electrons. The molecule has 2 aromatic rings. The van der Waals surface area contributed by atoms with E-state index in [-0.39, 0.29) is 5.91 Å². The maximum absolute atomic E-state index is 12.0. The van der Waals surface area contributed by atoms with Gasteiger partial charge in [-0.3, -0.25) is 10.1 Å². The fraction of sp³-hybridized carbons (Fsp3) is 0.182. The molecule has 1 amide bonds. The van der Waals surface area contributed by atoms with Crippen LogP contribution in [0.5, 0.6) is 0 Å². The van der Waals surface area contributed by atoms with Gasteiger partial charge >= 0.3 is 0 Å². The second kappa shape index (κ2) is 4.92. The molecule has 0 unspecified atom stereocenters. The zero-order chi connectivity index (χ0) is 12.3. The SMILES string of the molecule is CNc1ncccc1C(=O)Nc1ncc(C)s1. The fourth-order valence-electron chi connectivity index (χ4n) is 1.36. The molecule has 0 spiro atoms. The highest BCUT2D eigenvalue weighted by atomic mass is 32.1. The van der Waals surface area contributed by atoms with Gasteiger partial charge in [0.1, 0.15) is 5.82 Å². The number of carbonyl (C=O) groups excluding carboxylic acids is 1. The van der Waals surface area contributed by atoms with E-state index < -0.39 is 0 Å². The summed E-state index contributed by atoms with van der Waals surface area (Å²) in [5.74, 6) is 0.343. The smallest absolute Gasteiger partial charge is 0.261 e. The van der Waals surface area contributed by atoms with Gasteiger partial charge in [0.05, 0.1) is 5.56 Å². The number of hydrogen-bond acceptors (Lipinski definition) is 5. The number of hydrogen-bond donors (Lipinski definition) is 2. The second-order valence-electron chi connectivity index (χ2n) is 3.38. The third-order valence-electron chi connectivity index (χ3n) is 2.13. The highest BCUT2D eigenvalue weighted by molar-refractivity contribution is 7.15. The summed E-state index contributed by atoms with van der Waals surface area (Å²) >= 11 is 1.44. The van der Waals surface area contributed by atoms with E-state index in [9.17, 15) is 4.79 Å². The van der Waals surface area contributed by atoms with Crippen molar-refractivity contribution >= 4 is 28.2 Å². The Labute approximate surface area is 103 Å². The normalized spacial score (nSPS) is 10.0. The van der Waals surface area contributed by atoms with Gasteiger partial charge in [0, 0.05) is 24.3 Å². The number of amides is 1. The monoisotopic (exact) mass is 248 g/mol. The molecule has 0 aliphatic carbocycles. The van der Waals surface area contributed by atoms with Gasteiger partial charge in [0.25, 0.3) is 5.91 Å². The first-order valence-electron chi connectivity index (χ1n) is 5.07. The first-order chi connectivity index (χ1) is 8.20. The summed E-state index contributed by atoms with van der Waals surface area (Å²) in [6, 6.07) is 3.44. The number of aryl methyl sites for hydroxylation is 1. The number of anilines is 2. The Hall–Kier alpha value is -1.95. The van der Waals surface area contributed by atoms with Crippen LogP contribution < -0.4 is 10.6 Å². The first-order valence-corrected chi connectivity index (χ1v) is 5.89. The van der Waals surface area contributed by atoms with E-state index in [0.29, 0.717) is 16.5 Å². The lowest BCUT2D eigenvalue weighted by Gasteiger charge is -2.06. The third kappa shape index (κ3) is 2.59. The molecule has 0 aliphatic heterocycles. The zero-order valence-corrected chi connectivity index (χ0v) is 10.3. The predicted octanol–water partition coefficient (Wildman–Crippen LogP) is 2.14. The van der Waals surface area contributed by atoms with Crippen molar-refractivity contribution in [2.24, 2.45) is 0 Å². The molecule has 0 bridgehead atoms. The lowest BCUT2D eigenvalue weighted by atomic mass is 10.2. The summed E-state index contributed by atoms with van der Waals surface area (Å²) in [4.78, 5) is 21.2. The topological polar surface area (TPSA) is 66.9 Å². The Morgan fingerprint density at radius 2 is 2.24 bits per heavy atom. The van der Waals surface area contributed by atoms with Gasteiger partial charge in [-0.2, -0.15) is 0 Å². The largest absolute Gasteiger partial charge is 0.372 e. The van der Waals surface area contributed by atoms with Crippen molar-refractivity contribution in [2.75, 3.05) is 17.7 Å². The molecule has 5 nitrogen and oxygen atoms in total. The summed E-state index contributed by atoms with van der Waals surface area (Å²) in [5, 5.41) is 6.22. The molecule has 2 aromatic heterocycles. The Kier molecular flexibility index (Phi) is 3.34. The van der Waals surface area contributed by atoms with Gasteiger partial charge < -0.3 is 5.32 Å². The Morgan fingerprint density at radius 1 is 1.41 bits per heavy atom. The summed E-state index contributed by atoms with van der Waals surface area (Å²) in [6.07, 6.45) is 3.36. The predicted molar refractivity (Wildman–Crippen MR) is 68.6 cm³/mol. The molecule has 0 aliphatic rings. The molecule has 0 aromatic carbocycles. The molecule has 0 atom stereocenters. The average Bonchev–Trinajstić information content (AvgIpc) is 2.74. The van der Waals surface area contributed by atoms with Crippen molar-refractivity contribution in [1.29, 1.82) is 0 Å². The molecule has 2 N–H and O–H groups in total. The van der Waals surface area contributed by atoms with Crippen LogP contribution >= 0.6 is 11.3 Å². The quantitative estimate of drug-likeness (QED) is 0.873. The number of aromatic nitrogens is 2. The van der Waals surface area contributed by atoms with E-state index in [1.165, 1.54) is 11.3 Å². The molecule has 2 heterocycles. The van der Waals surface area contributed by atoms with Crippen LogP contribution in [0, 0.1) is 6.92 Å². The Bertz CT molecular complexity index is 538. The number of nitrogens with one attached hydrogen (secondary N) is 2. The Morgan fingerprint density at radius 3 is 2.88 bits per heavy atom. The van der Waals surface area contributed by atoms with Gasteiger partial charge in [0.15, 0.2) is 5.13 Å². The van der Waals surface area contributed by atoms with Gasteiger partial charge in [-0.25, -0.2) is 9.97 Å². The highest BCUT2D eigenvalue weighted by Gasteiger charge is 2.12. The molecule has 17 heavy (non-hydrogen) atoms. The maximum Gasteiger partial charge on any atom is 0.261 e. The standard InChI is InChI=1S/C11H12N4OS/c1-7-6-14-11(17-7)15-10(16)8-4-3-5-13-9(8)12-2/h3-6H,1-2H3,(H,12,13)(H,14,15,16). The maximum atomic E-state index is 12.0. The van der Waals surface area contributed by atoms with Gasteiger partial charge in [-0.05, 0) is 19.1 Å². The molecule has 0 saturated heterocycles. The molecule has 0 saturated carbocycles. The summed E-state index contributed by atoms with van der Waals surface area (Å²) < 4.78 is 0. The molecular formula is C11H12N4OS. The molecule has 2 rings (SSSR count). The number of rotatable bonds is 3. The van der Waals surface area contributed by atoms with Crippen molar-refractivity contribution in [3.63, 3.8) is 0 Å². The minimum Gasteiger partial charge on any atom is -0.372 e. The van der Waals surface area contributed by atoms with Crippen LogP contribution in [0.1, 0.15) is 15.2 Å². The molecular weight excluding hydrogens is 236 g/mol. The lowest BCUT2D eigenvalue weighted by Crippen LogP contribution is -2.14. The number of pyridine rings is 1. The van der Waals surface area contributed by atoms with E-state index in [4.69, 9.17) is 0 Å².